The molecule has 25 heavy (non-hydrogen) atoms. The normalized spacial score (nSPS) is 27.2. The fourth-order valence-corrected chi connectivity index (χ4v) is 4.43. The van der Waals surface area contributed by atoms with Crippen molar-refractivity contribution in [1.29, 1.82) is 0 Å². The van der Waals surface area contributed by atoms with Gasteiger partial charge in [0.25, 0.3) is 0 Å². The van der Waals surface area contributed by atoms with Gasteiger partial charge >= 0.3 is 148 Å². The molecule has 0 amide bonds. The first kappa shape index (κ1) is 17.9. The number of nitrogens with zero attached hydrogens (tertiary/aromatic N) is 1. The van der Waals surface area contributed by atoms with Crippen molar-refractivity contribution in [2.24, 2.45) is 0 Å². The van der Waals surface area contributed by atoms with Crippen LogP contribution < -0.4 is 0 Å². The number of carbonyl (C=O) groups excluding carboxylic acids is 1. The van der Waals surface area contributed by atoms with Gasteiger partial charge in [-0.05, 0) is 0 Å². The minimum atomic E-state index is -1.67. The van der Waals surface area contributed by atoms with Gasteiger partial charge < -0.3 is 0 Å². The topological polar surface area (TPSA) is 137 Å². The first-order chi connectivity index (χ1) is 11.9. The molecule has 132 valence electrons. The molecule has 1 fully saturated rings. The van der Waals surface area contributed by atoms with E-state index in [1.165, 1.54) is 17.1 Å². The third kappa shape index (κ3) is 3.43. The number of carboxylic acids is 1. The number of hydrogen-bond acceptors (Lipinski definition) is 7. The Balaban J connectivity index is 1.79. The molecule has 1 aliphatic rings. The molecule has 2 heterocycles. The molecule has 2 aromatic rings. The fourth-order valence-electron chi connectivity index (χ4n) is 2.61. The summed E-state index contributed by atoms with van der Waals surface area (Å²) in [6, 6.07) is 8.04. The Bertz CT molecular complexity index is 778. The number of benzene rings is 1. The van der Waals surface area contributed by atoms with Crippen LogP contribution in [0.25, 0.3) is 0 Å². The third-order valence-electron chi connectivity index (χ3n) is 3.92. The first-order valence-corrected chi connectivity index (χ1v) is 9.22. The second kappa shape index (κ2) is 7.17. The van der Waals surface area contributed by atoms with Crippen molar-refractivity contribution in [3.05, 3.63) is 51.1 Å². The molecule has 5 atom stereocenters. The maximum atomic E-state index is 12.3. The molecule has 1 aromatic carbocycles. The van der Waals surface area contributed by atoms with Crippen LogP contribution in [0.15, 0.2) is 35.3 Å². The molecule has 3 rings (SSSR count). The van der Waals surface area contributed by atoms with E-state index < -0.39 is 56.8 Å². The zero-order valence-electron chi connectivity index (χ0n) is 12.7. The van der Waals surface area contributed by atoms with Crippen molar-refractivity contribution >= 4 is 26.3 Å². The Labute approximate surface area is 148 Å². The van der Waals surface area contributed by atoms with Crippen molar-refractivity contribution in [2.45, 2.75) is 30.5 Å². The molecule has 1 unspecified atom stereocenters. The van der Waals surface area contributed by atoms with Gasteiger partial charge in [0.05, 0.1) is 0 Å². The number of hydrogen-bond donors (Lipinski definition) is 4. The van der Waals surface area contributed by atoms with Crippen LogP contribution in [0.2, 0.25) is 0 Å². The molecule has 9 heteroatoms. The molecule has 0 spiro atoms. The molecule has 0 aliphatic carbocycles. The van der Waals surface area contributed by atoms with Crippen molar-refractivity contribution in [3.8, 4) is 0 Å². The van der Waals surface area contributed by atoms with Gasteiger partial charge in [-0.2, -0.15) is 0 Å². The molecule has 8 nitrogen and oxygen atoms in total. The van der Waals surface area contributed by atoms with Crippen molar-refractivity contribution < 1.29 is 34.8 Å². The summed E-state index contributed by atoms with van der Waals surface area (Å²) in [7, 11) is 0. The van der Waals surface area contributed by atoms with Gasteiger partial charge in [0.1, 0.15) is 0 Å². The fraction of sp³-hybridized carbons (Fsp3) is 0.312. The van der Waals surface area contributed by atoms with Crippen LogP contribution in [0.1, 0.15) is 31.5 Å². The molecule has 1 aliphatic heterocycles. The standard InChI is InChI=1S/C16H15NO7Se/c18-9(7-4-2-1-3-5-7)10(19)13-11(20)12(21)14(24-13)15-17-8(6-25-15)16(22)23/h1-6,10-14,19-21H,(H,22,23)/t10?,11-,12+,13+,14+/m0/s1. The van der Waals surface area contributed by atoms with E-state index in [0.29, 0.717) is 4.57 Å². The number of carbonyl (C=O) groups is 2. The van der Waals surface area contributed by atoms with E-state index in [4.69, 9.17) is 9.84 Å². The summed E-state index contributed by atoms with van der Waals surface area (Å²) in [5.41, 5.74) is 0.102. The third-order valence-corrected chi connectivity index (χ3v) is 5.82. The van der Waals surface area contributed by atoms with E-state index in [2.05, 4.69) is 4.98 Å². The Hall–Kier alpha value is -1.87. The second-order valence-electron chi connectivity index (χ2n) is 5.55. The average molecular weight is 412 g/mol. The van der Waals surface area contributed by atoms with Crippen molar-refractivity contribution in [1.82, 2.24) is 4.98 Å². The van der Waals surface area contributed by atoms with Crippen LogP contribution in [0.4, 0.5) is 0 Å². The summed E-state index contributed by atoms with van der Waals surface area (Å²) in [6.07, 6.45) is -6.98. The Morgan fingerprint density at radius 3 is 2.44 bits per heavy atom. The summed E-state index contributed by atoms with van der Waals surface area (Å²) < 4.78 is 5.78. The zero-order valence-corrected chi connectivity index (χ0v) is 14.4. The SMILES string of the molecule is O=C(O)c1c[se]c([C@@H]2O[C@H](C(O)C(=O)c3ccccc3)[C@@H](O)[C@H]2O)n1. The summed E-state index contributed by atoms with van der Waals surface area (Å²) in [4.78, 5) is 28.6. The zero-order chi connectivity index (χ0) is 18.1. The van der Waals surface area contributed by atoms with Crippen LogP contribution in [-0.4, -0.2) is 76.1 Å². The van der Waals surface area contributed by atoms with Crippen molar-refractivity contribution in [2.75, 3.05) is 0 Å². The monoisotopic (exact) mass is 413 g/mol. The van der Waals surface area contributed by atoms with Crippen LogP contribution in [0.3, 0.4) is 0 Å². The van der Waals surface area contributed by atoms with E-state index in [0.717, 1.165) is 0 Å². The summed E-state index contributed by atoms with van der Waals surface area (Å²) in [5.74, 6) is -1.83. The van der Waals surface area contributed by atoms with Gasteiger partial charge in [-0.15, -0.1) is 0 Å². The number of ketones is 1. The number of aliphatic hydroxyl groups is 3. The molecule has 1 saturated heterocycles. The van der Waals surface area contributed by atoms with E-state index in [9.17, 15) is 24.9 Å². The predicted octanol–water partition coefficient (Wildman–Crippen LogP) is -0.758. The van der Waals surface area contributed by atoms with Gasteiger partial charge in [-0.3, -0.25) is 0 Å². The molecule has 0 bridgehead atoms. The van der Waals surface area contributed by atoms with Gasteiger partial charge in [0, 0.05) is 0 Å². The summed E-state index contributed by atoms with van der Waals surface area (Å²) in [5, 5.41) is 39.5. The van der Waals surface area contributed by atoms with Crippen LogP contribution in [0.5, 0.6) is 0 Å². The molecule has 4 N–H and O–H groups in total. The average Bonchev–Trinajstić information content (AvgIpc) is 3.21. The number of aliphatic hydroxyl groups excluding tert-OH is 3. The number of carboxylic acid groups (broad SMARTS) is 1. The van der Waals surface area contributed by atoms with Gasteiger partial charge in [-0.1, -0.05) is 0 Å². The number of rotatable bonds is 5. The van der Waals surface area contributed by atoms with E-state index in [-0.39, 0.29) is 11.3 Å². The molecule has 0 radical (unpaired) electrons. The van der Waals surface area contributed by atoms with E-state index in [1.807, 2.05) is 0 Å². The summed E-state index contributed by atoms with van der Waals surface area (Å²) >= 11 is -0.456. The van der Waals surface area contributed by atoms with E-state index in [1.54, 1.807) is 18.2 Å². The quantitative estimate of drug-likeness (QED) is 0.372. The van der Waals surface area contributed by atoms with Gasteiger partial charge in [0.2, 0.25) is 0 Å². The molecule has 1 aromatic heterocycles. The summed E-state index contributed by atoms with van der Waals surface area (Å²) in [6.45, 7) is 0. The van der Waals surface area contributed by atoms with Crippen molar-refractivity contribution in [3.63, 3.8) is 0 Å². The Morgan fingerprint density at radius 1 is 1.16 bits per heavy atom. The molecular weight excluding hydrogens is 397 g/mol. The number of Topliss-reactive ketones (excluding diaryl/α,β-unsaturated/α-hetero) is 1. The first-order valence-electron chi connectivity index (χ1n) is 7.37. The maximum absolute atomic E-state index is 12.3. The van der Waals surface area contributed by atoms with Crippen LogP contribution in [-0.2, 0) is 4.74 Å². The minimum absolute atomic E-state index is 0.148. The predicted molar refractivity (Wildman–Crippen MR) is 84.5 cm³/mol. The van der Waals surface area contributed by atoms with E-state index >= 15 is 0 Å². The second-order valence-corrected chi connectivity index (χ2v) is 7.42. The van der Waals surface area contributed by atoms with Crippen LogP contribution >= 0.6 is 0 Å². The molecular formula is C16H15NO7Se. The van der Waals surface area contributed by atoms with Gasteiger partial charge in [-0.25, -0.2) is 0 Å². The number of aromatic carboxylic acids is 1. The number of ether oxygens (including phenoxy) is 1. The number of aromatic nitrogens is 1. The Morgan fingerprint density at radius 2 is 1.84 bits per heavy atom. The van der Waals surface area contributed by atoms with Gasteiger partial charge in [0.15, 0.2) is 0 Å². The molecule has 0 saturated carbocycles. The Kier molecular flexibility index (Phi) is 5.14. The van der Waals surface area contributed by atoms with Crippen LogP contribution in [0, 0.1) is 0 Å².